The fraction of sp³-hybridized carbons (Fsp3) is 0.538. The lowest BCUT2D eigenvalue weighted by Gasteiger charge is -2.40. The molecule has 3 unspecified atom stereocenters. The maximum atomic E-state index is 13.1. The molecule has 3 heteroatoms. The zero-order chi connectivity index (χ0) is 11.1. The number of anilines is 1. The van der Waals surface area contributed by atoms with Gasteiger partial charge in [-0.1, -0.05) is 6.92 Å². The minimum Gasteiger partial charge on any atom is -0.486 e. The molecule has 0 spiro atoms. The third kappa shape index (κ3) is 1.64. The SMILES string of the molecule is CC1CCC2Oc3ccc(F)cc3NC2C1. The summed E-state index contributed by atoms with van der Waals surface area (Å²) in [6.45, 7) is 2.26. The summed E-state index contributed by atoms with van der Waals surface area (Å²) in [5, 5.41) is 3.41. The summed E-state index contributed by atoms with van der Waals surface area (Å²) in [4.78, 5) is 0. The summed E-state index contributed by atoms with van der Waals surface area (Å²) in [7, 11) is 0. The van der Waals surface area contributed by atoms with E-state index in [0.717, 1.165) is 30.2 Å². The van der Waals surface area contributed by atoms with Crippen molar-refractivity contribution in [1.82, 2.24) is 0 Å². The molecule has 1 N–H and O–H groups in total. The molecule has 0 radical (unpaired) electrons. The second-order valence-corrected chi connectivity index (χ2v) is 4.97. The lowest BCUT2D eigenvalue weighted by atomic mass is 9.84. The number of fused-ring (bicyclic) bond motifs is 2. The Kier molecular flexibility index (Phi) is 2.27. The van der Waals surface area contributed by atoms with E-state index in [4.69, 9.17) is 4.74 Å². The van der Waals surface area contributed by atoms with E-state index in [1.807, 2.05) is 0 Å². The monoisotopic (exact) mass is 221 g/mol. The van der Waals surface area contributed by atoms with Gasteiger partial charge < -0.3 is 10.1 Å². The van der Waals surface area contributed by atoms with E-state index in [1.165, 1.54) is 18.6 Å². The Balaban J connectivity index is 1.88. The van der Waals surface area contributed by atoms with Crippen molar-refractivity contribution >= 4 is 5.69 Å². The minimum absolute atomic E-state index is 0.211. The molecule has 3 rings (SSSR count). The second-order valence-electron chi connectivity index (χ2n) is 4.97. The first-order valence-electron chi connectivity index (χ1n) is 5.95. The maximum absolute atomic E-state index is 13.1. The summed E-state index contributed by atoms with van der Waals surface area (Å²) in [5.74, 6) is 1.31. The van der Waals surface area contributed by atoms with Gasteiger partial charge in [-0.2, -0.15) is 0 Å². The van der Waals surface area contributed by atoms with Crippen LogP contribution in [0.3, 0.4) is 0 Å². The highest BCUT2D eigenvalue weighted by Gasteiger charge is 2.34. The van der Waals surface area contributed by atoms with Crippen LogP contribution >= 0.6 is 0 Å². The van der Waals surface area contributed by atoms with Gasteiger partial charge in [-0.3, -0.25) is 0 Å². The van der Waals surface area contributed by atoms with Gasteiger partial charge in [-0.15, -0.1) is 0 Å². The Labute approximate surface area is 94.8 Å². The fourth-order valence-electron chi connectivity index (χ4n) is 2.73. The molecule has 0 aromatic heterocycles. The van der Waals surface area contributed by atoms with Crippen LogP contribution in [0.25, 0.3) is 0 Å². The van der Waals surface area contributed by atoms with E-state index >= 15 is 0 Å². The predicted octanol–water partition coefficient (Wildman–Crippen LogP) is 3.19. The Hall–Kier alpha value is -1.25. The minimum atomic E-state index is -0.211. The van der Waals surface area contributed by atoms with Crippen molar-refractivity contribution in [1.29, 1.82) is 0 Å². The normalized spacial score (nSPS) is 32.0. The lowest BCUT2D eigenvalue weighted by Crippen LogP contribution is -2.45. The quantitative estimate of drug-likeness (QED) is 0.726. The molecule has 86 valence electrons. The molecule has 1 aliphatic heterocycles. The van der Waals surface area contributed by atoms with Gasteiger partial charge in [0.15, 0.2) is 0 Å². The standard InChI is InChI=1S/C13H16FNO/c1-8-2-4-12-10(6-8)15-11-7-9(14)3-5-13(11)16-12/h3,5,7-8,10,12,15H,2,4,6H2,1H3. The summed E-state index contributed by atoms with van der Waals surface area (Å²) in [6, 6.07) is 5.03. The van der Waals surface area contributed by atoms with Gasteiger partial charge in [0.1, 0.15) is 17.7 Å². The highest BCUT2D eigenvalue weighted by Crippen LogP contribution is 2.38. The molecule has 1 saturated carbocycles. The van der Waals surface area contributed by atoms with Crippen molar-refractivity contribution < 1.29 is 9.13 Å². The molecule has 1 heterocycles. The zero-order valence-electron chi connectivity index (χ0n) is 9.37. The van der Waals surface area contributed by atoms with Crippen LogP contribution in [0.5, 0.6) is 5.75 Å². The van der Waals surface area contributed by atoms with Crippen molar-refractivity contribution in [3.8, 4) is 5.75 Å². The third-order valence-electron chi connectivity index (χ3n) is 3.61. The molecule has 1 fully saturated rings. The molecule has 0 saturated heterocycles. The van der Waals surface area contributed by atoms with Gasteiger partial charge in [-0.05, 0) is 37.3 Å². The molecule has 1 aliphatic carbocycles. The molecular formula is C13H16FNO. The number of benzene rings is 1. The molecule has 2 nitrogen and oxygen atoms in total. The van der Waals surface area contributed by atoms with Crippen LogP contribution in [-0.4, -0.2) is 12.1 Å². The molecule has 1 aromatic carbocycles. The van der Waals surface area contributed by atoms with Crippen molar-refractivity contribution in [3.63, 3.8) is 0 Å². The van der Waals surface area contributed by atoms with Crippen molar-refractivity contribution in [3.05, 3.63) is 24.0 Å². The van der Waals surface area contributed by atoms with Crippen molar-refractivity contribution in [2.24, 2.45) is 5.92 Å². The summed E-state index contributed by atoms with van der Waals surface area (Å²) < 4.78 is 19.0. The smallest absolute Gasteiger partial charge is 0.143 e. The van der Waals surface area contributed by atoms with E-state index in [2.05, 4.69) is 12.2 Å². The van der Waals surface area contributed by atoms with Gasteiger partial charge in [0.25, 0.3) is 0 Å². The first-order chi connectivity index (χ1) is 7.72. The largest absolute Gasteiger partial charge is 0.486 e. The molecule has 0 bridgehead atoms. The summed E-state index contributed by atoms with van der Waals surface area (Å²) in [6.07, 6.45) is 3.68. The Morgan fingerprint density at radius 1 is 1.38 bits per heavy atom. The average Bonchev–Trinajstić information content (AvgIpc) is 2.26. The van der Waals surface area contributed by atoms with E-state index in [1.54, 1.807) is 6.07 Å². The summed E-state index contributed by atoms with van der Waals surface area (Å²) in [5.41, 5.74) is 0.801. The molecule has 16 heavy (non-hydrogen) atoms. The highest BCUT2D eigenvalue weighted by molar-refractivity contribution is 5.59. The fourth-order valence-corrected chi connectivity index (χ4v) is 2.73. The van der Waals surface area contributed by atoms with Crippen LogP contribution < -0.4 is 10.1 Å². The van der Waals surface area contributed by atoms with Crippen molar-refractivity contribution in [2.45, 2.75) is 38.3 Å². The molecule has 3 atom stereocenters. The molecule has 2 aliphatic rings. The number of nitrogens with one attached hydrogen (secondary N) is 1. The van der Waals surface area contributed by atoms with Gasteiger partial charge >= 0.3 is 0 Å². The molecule has 1 aromatic rings. The number of hydrogen-bond acceptors (Lipinski definition) is 2. The third-order valence-corrected chi connectivity index (χ3v) is 3.61. The highest BCUT2D eigenvalue weighted by atomic mass is 19.1. The van der Waals surface area contributed by atoms with Gasteiger partial charge in [0, 0.05) is 6.07 Å². The van der Waals surface area contributed by atoms with Gasteiger partial charge in [0.05, 0.1) is 11.7 Å². The second kappa shape index (κ2) is 3.65. The Bertz CT molecular complexity index is 407. The number of rotatable bonds is 0. The van der Waals surface area contributed by atoms with Crippen LogP contribution in [0, 0.1) is 11.7 Å². The number of halogens is 1. The predicted molar refractivity (Wildman–Crippen MR) is 61.2 cm³/mol. The van der Waals surface area contributed by atoms with Crippen LogP contribution in [-0.2, 0) is 0 Å². The first kappa shape index (κ1) is 9.94. The van der Waals surface area contributed by atoms with E-state index in [9.17, 15) is 4.39 Å². The Morgan fingerprint density at radius 3 is 3.12 bits per heavy atom. The van der Waals surface area contributed by atoms with Crippen molar-refractivity contribution in [2.75, 3.05) is 5.32 Å². The first-order valence-corrected chi connectivity index (χ1v) is 5.95. The van der Waals surface area contributed by atoms with Crippen LogP contribution in [0.4, 0.5) is 10.1 Å². The summed E-state index contributed by atoms with van der Waals surface area (Å²) >= 11 is 0. The van der Waals surface area contributed by atoms with Gasteiger partial charge in [0.2, 0.25) is 0 Å². The lowest BCUT2D eigenvalue weighted by molar-refractivity contribution is 0.112. The Morgan fingerprint density at radius 2 is 2.25 bits per heavy atom. The zero-order valence-corrected chi connectivity index (χ0v) is 9.37. The number of hydrogen-bond donors (Lipinski definition) is 1. The average molecular weight is 221 g/mol. The van der Waals surface area contributed by atoms with E-state index in [0.29, 0.717) is 6.04 Å². The van der Waals surface area contributed by atoms with Crippen LogP contribution in [0.1, 0.15) is 26.2 Å². The van der Waals surface area contributed by atoms with E-state index in [-0.39, 0.29) is 11.9 Å². The molecular weight excluding hydrogens is 205 g/mol. The maximum Gasteiger partial charge on any atom is 0.143 e. The van der Waals surface area contributed by atoms with Crippen LogP contribution in [0.15, 0.2) is 18.2 Å². The van der Waals surface area contributed by atoms with E-state index < -0.39 is 0 Å². The van der Waals surface area contributed by atoms with Gasteiger partial charge in [-0.25, -0.2) is 4.39 Å². The number of ether oxygens (including phenoxy) is 1. The topological polar surface area (TPSA) is 21.3 Å². The molecule has 0 amide bonds. The van der Waals surface area contributed by atoms with Crippen LogP contribution in [0.2, 0.25) is 0 Å².